The summed E-state index contributed by atoms with van der Waals surface area (Å²) in [5.74, 6) is 1.29. The predicted molar refractivity (Wildman–Crippen MR) is 364 cm³/mol. The van der Waals surface area contributed by atoms with Crippen LogP contribution in [-0.2, 0) is 0 Å². The second-order valence-corrected chi connectivity index (χ2v) is 22.5. The second kappa shape index (κ2) is 21.1. The van der Waals surface area contributed by atoms with E-state index in [2.05, 4.69) is 281 Å². The number of hydrogen-bond acceptors (Lipinski definition) is 6. The summed E-state index contributed by atoms with van der Waals surface area (Å²) in [6, 6.07) is 113. The van der Waals surface area contributed by atoms with Crippen LogP contribution in [0.15, 0.2) is 315 Å². The molecule has 0 unspecified atom stereocenters. The van der Waals surface area contributed by atoms with Gasteiger partial charge in [-0.2, -0.15) is 0 Å². The van der Waals surface area contributed by atoms with E-state index < -0.39 is 0 Å². The largest absolute Gasteiger partial charge is 0.311 e. The first kappa shape index (κ1) is 50.8. The van der Waals surface area contributed by atoms with Gasteiger partial charge in [-0.3, -0.25) is 0 Å². The first-order valence-electron chi connectivity index (χ1n) is 29.9. The van der Waals surface area contributed by atoms with Gasteiger partial charge in [-0.05, 0) is 119 Å². The molecule has 0 fully saturated rings. The molecule has 15 aromatic rings. The van der Waals surface area contributed by atoms with Crippen LogP contribution in [-0.4, -0.2) is 31.2 Å². The summed E-state index contributed by atoms with van der Waals surface area (Å²) in [6.45, 7) is 0.0148. The van der Waals surface area contributed by atoms with Gasteiger partial charge in [0.25, 0.3) is 6.71 Å². The van der Waals surface area contributed by atoms with Gasteiger partial charge in [-0.15, -0.1) is 0 Å². The van der Waals surface area contributed by atoms with Crippen LogP contribution in [0.25, 0.3) is 106 Å². The number of fused-ring (bicyclic) bond motifs is 7. The topological polar surface area (TPSA) is 63.0 Å². The van der Waals surface area contributed by atoms with Gasteiger partial charge < -0.3 is 14.4 Å². The van der Waals surface area contributed by atoms with Crippen molar-refractivity contribution in [2.75, 3.05) is 9.80 Å². The highest BCUT2D eigenvalue weighted by atomic mass is 15.2. The molecule has 0 atom stereocenters. The van der Waals surface area contributed by atoms with Gasteiger partial charge >= 0.3 is 0 Å². The molecule has 0 saturated carbocycles. The van der Waals surface area contributed by atoms with Gasteiger partial charge in [0.05, 0.1) is 39.5 Å². The Hall–Kier alpha value is -11.7. The zero-order valence-corrected chi connectivity index (χ0v) is 47.7. The lowest BCUT2D eigenvalue weighted by molar-refractivity contribution is 1.15. The zero-order valence-electron chi connectivity index (χ0n) is 47.7. The normalized spacial score (nSPS) is 12.2. The molecule has 12 aromatic carbocycles. The second-order valence-electron chi connectivity index (χ2n) is 22.5. The Morgan fingerprint density at radius 2 is 0.670 bits per heavy atom. The first-order chi connectivity index (χ1) is 43.6. The number of para-hydroxylation sites is 5. The highest BCUT2D eigenvalue weighted by molar-refractivity contribution is 7.00. The Morgan fingerprint density at radius 1 is 0.250 bits per heavy atom. The molecule has 7 nitrogen and oxygen atoms in total. The third kappa shape index (κ3) is 8.60. The van der Waals surface area contributed by atoms with Crippen LogP contribution in [0.5, 0.6) is 0 Å². The van der Waals surface area contributed by atoms with Gasteiger partial charge in [-0.1, -0.05) is 224 Å². The van der Waals surface area contributed by atoms with Crippen LogP contribution >= 0.6 is 0 Å². The Bertz CT molecular complexity index is 4930. The van der Waals surface area contributed by atoms with Crippen molar-refractivity contribution in [3.05, 3.63) is 315 Å². The monoisotopic (exact) mass is 1120 g/mol. The quantitative estimate of drug-likeness (QED) is 0.127. The summed E-state index contributed by atoms with van der Waals surface area (Å²) in [5, 5.41) is 2.28. The molecule has 0 N–H and O–H groups in total. The summed E-state index contributed by atoms with van der Waals surface area (Å²) < 4.78 is 2.42. The molecule has 8 heteroatoms. The Kier molecular flexibility index (Phi) is 12.2. The smallest absolute Gasteiger partial charge is 0.252 e. The van der Waals surface area contributed by atoms with Crippen LogP contribution in [0.2, 0.25) is 0 Å². The average molecular weight is 1120 g/mol. The number of nitrogens with zero attached hydrogens (tertiary/aromatic N) is 7. The molecule has 0 spiro atoms. The van der Waals surface area contributed by atoms with Crippen molar-refractivity contribution in [3.8, 4) is 84.6 Å². The molecule has 3 aromatic heterocycles. The summed E-state index contributed by atoms with van der Waals surface area (Å²) in [7, 11) is 0. The Labute approximate surface area is 510 Å². The maximum atomic E-state index is 5.53. The van der Waals surface area contributed by atoms with Crippen molar-refractivity contribution >= 4 is 79.0 Å². The molecular weight excluding hydrogens is 1070 g/mol. The molecule has 2 aliphatic rings. The molecule has 0 bridgehead atoms. The minimum absolute atomic E-state index is 0.0148. The average Bonchev–Trinajstić information content (AvgIpc) is 1.01. The van der Waals surface area contributed by atoms with E-state index in [1.54, 1.807) is 0 Å². The summed E-state index contributed by atoms with van der Waals surface area (Å²) in [5.41, 5.74) is 25.1. The van der Waals surface area contributed by atoms with Crippen LogP contribution in [0.1, 0.15) is 0 Å². The molecule has 0 radical (unpaired) electrons. The summed E-state index contributed by atoms with van der Waals surface area (Å²) >= 11 is 0. The van der Waals surface area contributed by atoms with E-state index in [1.807, 2.05) is 48.5 Å². The van der Waals surface area contributed by atoms with Crippen LogP contribution in [0.4, 0.5) is 34.1 Å². The van der Waals surface area contributed by atoms with E-state index >= 15 is 0 Å². The van der Waals surface area contributed by atoms with Gasteiger partial charge in [0.1, 0.15) is 0 Å². The molecular formula is C80H52BN7. The Balaban J connectivity index is 0.902. The van der Waals surface area contributed by atoms with Gasteiger partial charge in [0.2, 0.25) is 0 Å². The molecule has 2 aliphatic heterocycles. The number of hydrogen-bond donors (Lipinski definition) is 0. The fraction of sp³-hybridized carbons (Fsp3) is 0. The maximum absolute atomic E-state index is 5.53. The van der Waals surface area contributed by atoms with Crippen molar-refractivity contribution < 1.29 is 0 Å². The third-order valence-corrected chi connectivity index (χ3v) is 17.4. The molecule has 410 valence electrons. The van der Waals surface area contributed by atoms with E-state index in [-0.39, 0.29) is 6.71 Å². The lowest BCUT2D eigenvalue weighted by atomic mass is 9.33. The van der Waals surface area contributed by atoms with Crippen molar-refractivity contribution in [1.82, 2.24) is 24.5 Å². The van der Waals surface area contributed by atoms with Crippen LogP contribution in [0.3, 0.4) is 0 Å². The van der Waals surface area contributed by atoms with E-state index in [1.165, 1.54) is 27.8 Å². The Morgan fingerprint density at radius 3 is 1.22 bits per heavy atom. The third-order valence-electron chi connectivity index (χ3n) is 17.4. The highest BCUT2D eigenvalue weighted by Crippen LogP contribution is 2.47. The predicted octanol–water partition coefficient (Wildman–Crippen LogP) is 18.1. The maximum Gasteiger partial charge on any atom is 0.252 e. The van der Waals surface area contributed by atoms with Crippen molar-refractivity contribution in [2.24, 2.45) is 0 Å². The van der Waals surface area contributed by atoms with E-state index in [0.717, 1.165) is 118 Å². The number of aromatic nitrogens is 5. The molecule has 0 aliphatic carbocycles. The van der Waals surface area contributed by atoms with E-state index in [0.29, 0.717) is 11.6 Å². The zero-order chi connectivity index (χ0) is 58.1. The fourth-order valence-corrected chi connectivity index (χ4v) is 13.4. The molecule has 17 rings (SSSR count). The van der Waals surface area contributed by atoms with Crippen LogP contribution < -0.4 is 26.2 Å². The van der Waals surface area contributed by atoms with Crippen LogP contribution in [0, 0.1) is 0 Å². The number of benzene rings is 12. The lowest BCUT2D eigenvalue weighted by Gasteiger charge is -2.44. The molecule has 88 heavy (non-hydrogen) atoms. The minimum atomic E-state index is 0.0148. The van der Waals surface area contributed by atoms with Crippen molar-refractivity contribution in [2.45, 2.75) is 0 Å². The molecule has 0 saturated heterocycles. The molecule has 5 heterocycles. The van der Waals surface area contributed by atoms with Gasteiger partial charge in [0, 0.05) is 78.3 Å². The number of rotatable bonds is 10. The van der Waals surface area contributed by atoms with Gasteiger partial charge in [0.15, 0.2) is 11.6 Å². The standard InChI is InChI=1S/C80H52BN7/c1-7-25-53(26-8-1)67-51-69(84-79(82-67)55-29-11-3-12-30-55)58-44-46-73(64(48-58)70-52-68(54-27-9-2-10-28-54)83-80(85-70)56-31-13-4-14-32-56)88-71-40-22-19-37-62(71)63-47-57(43-45-72(63)88)59-49-76-78-77(50-59)87(61-35-17-6-18-36-61)75-42-24-21-39-66(75)81(78)65-38-20-23-41-74(65)86(76)60-33-15-5-16-34-60/h1-52H. The van der Waals surface area contributed by atoms with E-state index in [4.69, 9.17) is 19.9 Å². The lowest BCUT2D eigenvalue weighted by Crippen LogP contribution is -2.61. The SMILES string of the molecule is c1ccc(-c2cc(-c3ccc(-n4c5ccccc5c5cc(-c6cc7c8c(c6)N(c6ccccc6)c6ccccc6B8c6ccccc6N7c6ccccc6)ccc54)c(-c4cc(-c5ccccc5)nc(-c5ccccc5)n4)c3)nc(-c3ccccc3)n2)cc1. The van der Waals surface area contributed by atoms with Gasteiger partial charge in [-0.25, -0.2) is 19.9 Å². The minimum Gasteiger partial charge on any atom is -0.311 e. The highest BCUT2D eigenvalue weighted by Gasteiger charge is 2.43. The summed E-state index contributed by atoms with van der Waals surface area (Å²) in [4.78, 5) is 26.3. The summed E-state index contributed by atoms with van der Waals surface area (Å²) in [6.07, 6.45) is 0. The van der Waals surface area contributed by atoms with Crippen molar-refractivity contribution in [1.29, 1.82) is 0 Å². The molecule has 0 amide bonds. The first-order valence-corrected chi connectivity index (χ1v) is 29.9. The van der Waals surface area contributed by atoms with Crippen molar-refractivity contribution in [3.63, 3.8) is 0 Å². The van der Waals surface area contributed by atoms with E-state index in [9.17, 15) is 0 Å². The fourth-order valence-electron chi connectivity index (χ4n) is 13.4. The number of anilines is 6.